The summed E-state index contributed by atoms with van der Waals surface area (Å²) in [5, 5.41) is 32.6. The van der Waals surface area contributed by atoms with Crippen LogP contribution < -0.4 is 16.4 Å². The maximum Gasteiger partial charge on any atom is 0.328 e. The van der Waals surface area contributed by atoms with Gasteiger partial charge in [-0.3, -0.25) is 14.4 Å². The Labute approximate surface area is 198 Å². The van der Waals surface area contributed by atoms with Gasteiger partial charge in [0.25, 0.3) is 0 Å². The van der Waals surface area contributed by atoms with E-state index in [1.165, 1.54) is 17.0 Å². The van der Waals surface area contributed by atoms with Crippen molar-refractivity contribution in [3.8, 4) is 5.75 Å². The third-order valence-corrected chi connectivity index (χ3v) is 6.14. The van der Waals surface area contributed by atoms with Crippen molar-refractivity contribution in [3.05, 3.63) is 29.8 Å². The van der Waals surface area contributed by atoms with Crippen molar-refractivity contribution in [2.45, 2.75) is 63.7 Å². The summed E-state index contributed by atoms with van der Waals surface area (Å²) in [4.78, 5) is 51.4. The fraction of sp³-hybridized carbons (Fsp3) is 0.565. The Bertz CT molecular complexity index is 877. The standard InChI is InChI=1S/C23H34N4O7/c1-3-13(2)19(26-20(30)16(24)11-14-6-8-15(29)9-7-14)22(32)27-10-4-5-18(27)21(31)25-17(12-28)23(33)34/h6-9,13,16-19,28-29H,3-5,10-12,24H2,1-2H3,(H,25,31)(H,26,30)(H,33,34). The predicted octanol–water partition coefficient (Wildman–Crippen LogP) is -0.654. The molecule has 1 fully saturated rings. The molecule has 0 aromatic heterocycles. The average molecular weight is 479 g/mol. The summed E-state index contributed by atoms with van der Waals surface area (Å²) in [5.74, 6) is -3.14. The Morgan fingerprint density at radius 2 is 1.82 bits per heavy atom. The van der Waals surface area contributed by atoms with Gasteiger partial charge in [0.05, 0.1) is 12.6 Å². The van der Waals surface area contributed by atoms with Crippen molar-refractivity contribution in [2.75, 3.05) is 13.2 Å². The van der Waals surface area contributed by atoms with Crippen LogP contribution in [0.5, 0.6) is 5.75 Å². The van der Waals surface area contributed by atoms with E-state index in [9.17, 15) is 29.4 Å². The van der Waals surface area contributed by atoms with Crippen molar-refractivity contribution < 1.29 is 34.5 Å². The molecular weight excluding hydrogens is 444 g/mol. The van der Waals surface area contributed by atoms with Gasteiger partial charge >= 0.3 is 5.97 Å². The molecule has 0 spiro atoms. The first-order valence-electron chi connectivity index (χ1n) is 11.4. The predicted molar refractivity (Wildman–Crippen MR) is 123 cm³/mol. The highest BCUT2D eigenvalue weighted by Crippen LogP contribution is 2.22. The zero-order valence-electron chi connectivity index (χ0n) is 19.4. The number of rotatable bonds is 11. The van der Waals surface area contributed by atoms with Gasteiger partial charge in [0.1, 0.15) is 23.9 Å². The number of hydrogen-bond donors (Lipinski definition) is 6. The van der Waals surface area contributed by atoms with E-state index in [0.717, 1.165) is 5.56 Å². The number of aliphatic carboxylic acids is 1. The molecule has 1 heterocycles. The normalized spacial score (nSPS) is 19.1. The molecular formula is C23H34N4O7. The maximum atomic E-state index is 13.4. The lowest BCUT2D eigenvalue weighted by atomic mass is 9.96. The molecule has 11 nitrogen and oxygen atoms in total. The topological polar surface area (TPSA) is 182 Å². The lowest BCUT2D eigenvalue weighted by molar-refractivity contribution is -0.146. The van der Waals surface area contributed by atoms with Gasteiger partial charge in [-0.05, 0) is 42.9 Å². The number of aromatic hydroxyl groups is 1. The summed E-state index contributed by atoms with van der Waals surface area (Å²) in [7, 11) is 0. The molecule has 7 N–H and O–H groups in total. The van der Waals surface area contributed by atoms with E-state index in [2.05, 4.69) is 10.6 Å². The molecule has 11 heteroatoms. The molecule has 34 heavy (non-hydrogen) atoms. The van der Waals surface area contributed by atoms with Crippen LogP contribution in [0.25, 0.3) is 0 Å². The number of hydrogen-bond acceptors (Lipinski definition) is 7. The van der Waals surface area contributed by atoms with Gasteiger partial charge in [0, 0.05) is 6.54 Å². The largest absolute Gasteiger partial charge is 0.508 e. The Morgan fingerprint density at radius 1 is 1.18 bits per heavy atom. The lowest BCUT2D eigenvalue weighted by Gasteiger charge is -2.32. The van der Waals surface area contributed by atoms with E-state index in [1.807, 2.05) is 13.8 Å². The number of phenolic OH excluding ortho intramolecular Hbond substituents is 1. The molecule has 0 aliphatic carbocycles. The molecule has 1 aromatic carbocycles. The van der Waals surface area contributed by atoms with Crippen molar-refractivity contribution in [2.24, 2.45) is 11.7 Å². The molecule has 1 aromatic rings. The zero-order valence-corrected chi connectivity index (χ0v) is 19.4. The Balaban J connectivity index is 2.11. The first-order chi connectivity index (χ1) is 16.1. The number of amides is 3. The maximum absolute atomic E-state index is 13.4. The van der Waals surface area contributed by atoms with E-state index in [-0.39, 0.29) is 24.6 Å². The fourth-order valence-electron chi connectivity index (χ4n) is 3.86. The smallest absolute Gasteiger partial charge is 0.328 e. The van der Waals surface area contributed by atoms with Crippen LogP contribution in [0.3, 0.4) is 0 Å². The van der Waals surface area contributed by atoms with Crippen LogP contribution in [0.15, 0.2) is 24.3 Å². The zero-order chi connectivity index (χ0) is 25.4. The summed E-state index contributed by atoms with van der Waals surface area (Å²) in [5.41, 5.74) is 6.81. The molecule has 0 saturated carbocycles. The average Bonchev–Trinajstić information content (AvgIpc) is 3.31. The SMILES string of the molecule is CCC(C)C(NC(=O)C(N)Cc1ccc(O)cc1)C(=O)N1CCCC1C(=O)NC(CO)C(=O)O. The van der Waals surface area contributed by atoms with Crippen molar-refractivity contribution >= 4 is 23.7 Å². The number of carbonyl (C=O) groups is 4. The number of nitrogens with zero attached hydrogens (tertiary/aromatic N) is 1. The minimum atomic E-state index is -1.46. The molecule has 1 aliphatic rings. The molecule has 0 radical (unpaired) electrons. The summed E-state index contributed by atoms with van der Waals surface area (Å²) in [6.45, 7) is 3.20. The van der Waals surface area contributed by atoms with Crippen LogP contribution in [0.4, 0.5) is 0 Å². The molecule has 2 rings (SSSR count). The van der Waals surface area contributed by atoms with Gasteiger partial charge < -0.3 is 36.6 Å². The quantitative estimate of drug-likeness (QED) is 0.242. The highest BCUT2D eigenvalue weighted by atomic mass is 16.4. The van der Waals surface area contributed by atoms with Gasteiger partial charge in [0.15, 0.2) is 0 Å². The minimum absolute atomic E-state index is 0.0991. The number of nitrogens with one attached hydrogen (secondary N) is 2. The van der Waals surface area contributed by atoms with Crippen LogP contribution >= 0.6 is 0 Å². The first kappa shape index (κ1) is 27.1. The van der Waals surface area contributed by atoms with Gasteiger partial charge in [0.2, 0.25) is 17.7 Å². The Hall–Kier alpha value is -3.18. The summed E-state index contributed by atoms with van der Waals surface area (Å²) in [6, 6.07) is 2.11. The first-order valence-corrected chi connectivity index (χ1v) is 11.4. The van der Waals surface area contributed by atoms with E-state index in [0.29, 0.717) is 19.3 Å². The number of aliphatic hydroxyl groups excluding tert-OH is 1. The second-order valence-corrected chi connectivity index (χ2v) is 8.62. The molecule has 5 unspecified atom stereocenters. The number of nitrogens with two attached hydrogens (primary N) is 1. The van der Waals surface area contributed by atoms with E-state index >= 15 is 0 Å². The van der Waals surface area contributed by atoms with Gasteiger partial charge in [-0.25, -0.2) is 4.79 Å². The van der Waals surface area contributed by atoms with E-state index in [1.54, 1.807) is 12.1 Å². The molecule has 5 atom stereocenters. The lowest BCUT2D eigenvalue weighted by Crippen LogP contribution is -2.58. The number of benzene rings is 1. The summed E-state index contributed by atoms with van der Waals surface area (Å²) >= 11 is 0. The third-order valence-electron chi connectivity index (χ3n) is 6.14. The molecule has 1 aliphatic heterocycles. The fourth-order valence-corrected chi connectivity index (χ4v) is 3.86. The number of likely N-dealkylation sites (tertiary alicyclic amines) is 1. The van der Waals surface area contributed by atoms with Crippen LogP contribution in [-0.2, 0) is 25.6 Å². The monoisotopic (exact) mass is 478 g/mol. The second-order valence-electron chi connectivity index (χ2n) is 8.62. The van der Waals surface area contributed by atoms with Crippen LogP contribution in [0, 0.1) is 5.92 Å². The number of phenols is 1. The summed E-state index contributed by atoms with van der Waals surface area (Å²) in [6.07, 6.45) is 1.68. The van der Waals surface area contributed by atoms with Crippen molar-refractivity contribution in [3.63, 3.8) is 0 Å². The number of aliphatic hydroxyl groups is 1. The number of carboxylic acids is 1. The van der Waals surface area contributed by atoms with Crippen LogP contribution in [0.1, 0.15) is 38.7 Å². The van der Waals surface area contributed by atoms with Gasteiger partial charge in [-0.15, -0.1) is 0 Å². The minimum Gasteiger partial charge on any atom is -0.508 e. The van der Waals surface area contributed by atoms with Crippen molar-refractivity contribution in [1.82, 2.24) is 15.5 Å². The Morgan fingerprint density at radius 3 is 2.38 bits per heavy atom. The second kappa shape index (κ2) is 12.3. The molecule has 1 saturated heterocycles. The van der Waals surface area contributed by atoms with Crippen molar-refractivity contribution in [1.29, 1.82) is 0 Å². The highest BCUT2D eigenvalue weighted by Gasteiger charge is 2.40. The Kier molecular flexibility index (Phi) is 9.82. The highest BCUT2D eigenvalue weighted by molar-refractivity contribution is 5.94. The van der Waals surface area contributed by atoms with Gasteiger partial charge in [-0.2, -0.15) is 0 Å². The van der Waals surface area contributed by atoms with Gasteiger partial charge in [-0.1, -0.05) is 32.4 Å². The molecule has 0 bridgehead atoms. The van der Waals surface area contributed by atoms with E-state index < -0.39 is 54.5 Å². The summed E-state index contributed by atoms with van der Waals surface area (Å²) < 4.78 is 0. The molecule has 188 valence electrons. The number of carbonyl (C=O) groups excluding carboxylic acids is 3. The number of carboxylic acid groups (broad SMARTS) is 1. The third kappa shape index (κ3) is 6.91. The molecule has 3 amide bonds. The van der Waals surface area contributed by atoms with Crippen LogP contribution in [0.2, 0.25) is 0 Å². The van der Waals surface area contributed by atoms with E-state index in [4.69, 9.17) is 10.8 Å². The van der Waals surface area contributed by atoms with Crippen LogP contribution in [-0.4, -0.2) is 81.2 Å².